The lowest BCUT2D eigenvalue weighted by Gasteiger charge is -2.20. The summed E-state index contributed by atoms with van der Waals surface area (Å²) in [7, 11) is 0. The minimum absolute atomic E-state index is 0.819. The second-order valence-electron chi connectivity index (χ2n) is 4.91. The monoisotopic (exact) mass is 272 g/mol. The number of aromatic nitrogens is 2. The Balaban J connectivity index is 1.93. The summed E-state index contributed by atoms with van der Waals surface area (Å²) in [6, 6.07) is 8.67. The number of aromatic amines is 1. The summed E-state index contributed by atoms with van der Waals surface area (Å²) in [5, 5.41) is 3.46. The van der Waals surface area contributed by atoms with Crippen LogP contribution in [0.25, 0.3) is 0 Å². The smallest absolute Gasteiger partial charge is 0.0922 e. The zero-order valence-corrected chi connectivity index (χ0v) is 12.4. The molecule has 0 radical (unpaired) electrons. The number of nitrogens with one attached hydrogen (secondary N) is 2. The van der Waals surface area contributed by atoms with Crippen molar-refractivity contribution in [2.24, 2.45) is 0 Å². The van der Waals surface area contributed by atoms with Gasteiger partial charge in [0.2, 0.25) is 0 Å². The van der Waals surface area contributed by atoms with Crippen molar-refractivity contribution in [1.82, 2.24) is 20.2 Å². The van der Waals surface area contributed by atoms with Gasteiger partial charge in [0.15, 0.2) is 0 Å². The van der Waals surface area contributed by atoms with E-state index in [4.69, 9.17) is 0 Å². The predicted molar refractivity (Wildman–Crippen MR) is 82.2 cm³/mol. The Morgan fingerprint density at radius 2 is 1.85 bits per heavy atom. The minimum Gasteiger partial charge on any atom is -0.347 e. The third-order valence-electron chi connectivity index (χ3n) is 3.59. The van der Waals surface area contributed by atoms with E-state index in [1.165, 1.54) is 11.1 Å². The van der Waals surface area contributed by atoms with Gasteiger partial charge in [-0.25, -0.2) is 4.98 Å². The zero-order valence-electron chi connectivity index (χ0n) is 12.4. The Labute approximate surface area is 121 Å². The number of imidazole rings is 1. The van der Waals surface area contributed by atoms with Crippen LogP contribution in [-0.2, 0) is 19.6 Å². The van der Waals surface area contributed by atoms with Crippen molar-refractivity contribution in [1.29, 1.82) is 0 Å². The molecule has 0 aliphatic rings. The molecule has 0 aliphatic carbocycles. The molecule has 0 atom stereocenters. The number of hydrogen-bond acceptors (Lipinski definition) is 3. The van der Waals surface area contributed by atoms with E-state index in [1.54, 1.807) is 6.33 Å². The fourth-order valence-electron chi connectivity index (χ4n) is 2.29. The second-order valence-corrected chi connectivity index (χ2v) is 4.91. The fraction of sp³-hybridized carbons (Fsp3) is 0.438. The Hall–Kier alpha value is -1.65. The molecule has 2 aromatic rings. The number of nitrogens with zero attached hydrogens (tertiary/aromatic N) is 2. The summed E-state index contributed by atoms with van der Waals surface area (Å²) < 4.78 is 0. The van der Waals surface area contributed by atoms with Gasteiger partial charge in [-0.15, -0.1) is 0 Å². The SMILES string of the molecule is CCN(CC)Cc1ccccc1CNCc1cnc[nH]1. The predicted octanol–water partition coefficient (Wildman–Crippen LogP) is 2.54. The van der Waals surface area contributed by atoms with Gasteiger partial charge in [-0.3, -0.25) is 4.90 Å². The van der Waals surface area contributed by atoms with Crippen LogP contribution in [0.4, 0.5) is 0 Å². The molecular formula is C16H24N4. The van der Waals surface area contributed by atoms with E-state index in [9.17, 15) is 0 Å². The molecule has 1 aromatic heterocycles. The van der Waals surface area contributed by atoms with Crippen molar-refractivity contribution in [3.05, 3.63) is 53.6 Å². The molecule has 1 heterocycles. The standard InChI is InChI=1S/C16H24N4/c1-3-20(4-2)12-15-8-6-5-7-14(15)9-17-10-16-11-18-13-19-16/h5-8,11,13,17H,3-4,9-10,12H2,1-2H3,(H,18,19). The summed E-state index contributed by atoms with van der Waals surface area (Å²) in [4.78, 5) is 9.57. The van der Waals surface area contributed by atoms with E-state index >= 15 is 0 Å². The highest BCUT2D eigenvalue weighted by atomic mass is 15.1. The summed E-state index contributed by atoms with van der Waals surface area (Å²) in [6.07, 6.45) is 3.57. The molecule has 108 valence electrons. The van der Waals surface area contributed by atoms with Crippen molar-refractivity contribution in [2.45, 2.75) is 33.5 Å². The Bertz CT molecular complexity index is 489. The number of H-pyrrole nitrogens is 1. The fourth-order valence-corrected chi connectivity index (χ4v) is 2.29. The zero-order chi connectivity index (χ0) is 14.2. The van der Waals surface area contributed by atoms with Crippen LogP contribution < -0.4 is 5.32 Å². The maximum Gasteiger partial charge on any atom is 0.0922 e. The molecule has 0 unspecified atom stereocenters. The molecular weight excluding hydrogens is 248 g/mol. The van der Waals surface area contributed by atoms with Crippen LogP contribution in [0.3, 0.4) is 0 Å². The van der Waals surface area contributed by atoms with Crippen LogP contribution in [0, 0.1) is 0 Å². The van der Waals surface area contributed by atoms with E-state index < -0.39 is 0 Å². The van der Waals surface area contributed by atoms with E-state index in [-0.39, 0.29) is 0 Å². The molecule has 20 heavy (non-hydrogen) atoms. The van der Waals surface area contributed by atoms with Gasteiger partial charge < -0.3 is 10.3 Å². The van der Waals surface area contributed by atoms with Gasteiger partial charge in [-0.05, 0) is 24.2 Å². The van der Waals surface area contributed by atoms with Crippen molar-refractivity contribution in [3.8, 4) is 0 Å². The lowest BCUT2D eigenvalue weighted by Crippen LogP contribution is -2.23. The van der Waals surface area contributed by atoms with Crippen LogP contribution >= 0.6 is 0 Å². The summed E-state index contributed by atoms with van der Waals surface area (Å²) in [5.74, 6) is 0. The van der Waals surface area contributed by atoms with Gasteiger partial charge in [-0.2, -0.15) is 0 Å². The van der Waals surface area contributed by atoms with E-state index in [2.05, 4.69) is 58.3 Å². The average molecular weight is 272 g/mol. The Morgan fingerprint density at radius 3 is 2.50 bits per heavy atom. The van der Waals surface area contributed by atoms with Gasteiger partial charge in [-0.1, -0.05) is 38.1 Å². The number of benzene rings is 1. The molecule has 0 amide bonds. The van der Waals surface area contributed by atoms with E-state index in [0.29, 0.717) is 0 Å². The molecule has 1 aromatic carbocycles. The third kappa shape index (κ3) is 4.18. The normalized spacial score (nSPS) is 11.2. The van der Waals surface area contributed by atoms with Gasteiger partial charge in [0, 0.05) is 31.5 Å². The lowest BCUT2D eigenvalue weighted by molar-refractivity contribution is 0.294. The van der Waals surface area contributed by atoms with Crippen molar-refractivity contribution >= 4 is 0 Å². The molecule has 2 N–H and O–H groups in total. The minimum atomic E-state index is 0.819. The molecule has 0 saturated heterocycles. The Kier molecular flexibility index (Phi) is 5.77. The van der Waals surface area contributed by atoms with Crippen molar-refractivity contribution in [3.63, 3.8) is 0 Å². The molecule has 4 nitrogen and oxygen atoms in total. The highest BCUT2D eigenvalue weighted by Crippen LogP contribution is 2.11. The van der Waals surface area contributed by atoms with Crippen LogP contribution in [0.5, 0.6) is 0 Å². The van der Waals surface area contributed by atoms with Gasteiger partial charge in [0.1, 0.15) is 0 Å². The van der Waals surface area contributed by atoms with Crippen LogP contribution in [0.15, 0.2) is 36.8 Å². The number of rotatable bonds is 8. The van der Waals surface area contributed by atoms with Gasteiger partial charge in [0.05, 0.1) is 6.33 Å². The van der Waals surface area contributed by atoms with Crippen molar-refractivity contribution < 1.29 is 0 Å². The maximum atomic E-state index is 4.02. The largest absolute Gasteiger partial charge is 0.347 e. The maximum absolute atomic E-state index is 4.02. The molecule has 4 heteroatoms. The number of hydrogen-bond donors (Lipinski definition) is 2. The average Bonchev–Trinajstić information content (AvgIpc) is 2.99. The first-order valence-corrected chi connectivity index (χ1v) is 7.30. The van der Waals surface area contributed by atoms with Crippen LogP contribution in [-0.4, -0.2) is 28.0 Å². The van der Waals surface area contributed by atoms with E-state index in [0.717, 1.165) is 38.4 Å². The molecule has 0 fully saturated rings. The summed E-state index contributed by atoms with van der Waals surface area (Å²) in [6.45, 7) is 9.33. The first-order chi connectivity index (χ1) is 9.83. The highest BCUT2D eigenvalue weighted by molar-refractivity contribution is 5.27. The molecule has 0 aliphatic heterocycles. The molecule has 0 saturated carbocycles. The van der Waals surface area contributed by atoms with Crippen molar-refractivity contribution in [2.75, 3.05) is 13.1 Å². The first-order valence-electron chi connectivity index (χ1n) is 7.30. The molecule has 2 rings (SSSR count). The third-order valence-corrected chi connectivity index (χ3v) is 3.59. The summed E-state index contributed by atoms with van der Waals surface area (Å²) >= 11 is 0. The quantitative estimate of drug-likeness (QED) is 0.776. The second kappa shape index (κ2) is 7.82. The molecule has 0 bridgehead atoms. The summed E-state index contributed by atoms with van der Waals surface area (Å²) in [5.41, 5.74) is 3.90. The van der Waals surface area contributed by atoms with Gasteiger partial charge in [0.25, 0.3) is 0 Å². The highest BCUT2D eigenvalue weighted by Gasteiger charge is 2.06. The van der Waals surface area contributed by atoms with Crippen LogP contribution in [0.2, 0.25) is 0 Å². The van der Waals surface area contributed by atoms with Crippen LogP contribution in [0.1, 0.15) is 30.7 Å². The van der Waals surface area contributed by atoms with E-state index in [1.807, 2.05) is 6.20 Å². The Morgan fingerprint density at radius 1 is 1.10 bits per heavy atom. The topological polar surface area (TPSA) is 44.0 Å². The first kappa shape index (κ1) is 14.8. The lowest BCUT2D eigenvalue weighted by atomic mass is 10.1. The molecule has 0 spiro atoms. The van der Waals surface area contributed by atoms with Gasteiger partial charge >= 0.3 is 0 Å².